The van der Waals surface area contributed by atoms with Crippen LogP contribution in [0.15, 0.2) is 41.9 Å². The molecule has 0 fully saturated rings. The molecule has 0 amide bonds. The third-order valence-corrected chi connectivity index (χ3v) is 7.05. The lowest BCUT2D eigenvalue weighted by molar-refractivity contribution is -0.161. The fraction of sp³-hybridized carbons (Fsp3) is 0.647. The zero-order chi connectivity index (χ0) is 30.1. The summed E-state index contributed by atoms with van der Waals surface area (Å²) < 4.78 is 22.2. The Labute approximate surface area is 247 Å². The number of hydrogen-bond donors (Lipinski definition) is 0. The second-order valence-electron chi connectivity index (χ2n) is 12.0. The number of carbonyl (C=O) groups is 3. The van der Waals surface area contributed by atoms with Gasteiger partial charge in [-0.3, -0.25) is 9.59 Å². The lowest BCUT2D eigenvalue weighted by atomic mass is 9.97. The first-order valence-corrected chi connectivity index (χ1v) is 15.5. The molecule has 2 rings (SSSR count). The summed E-state index contributed by atoms with van der Waals surface area (Å²) in [6, 6.07) is 9.34. The maximum atomic E-state index is 12.7. The number of hydrogen-bond acceptors (Lipinski definition) is 7. The van der Waals surface area contributed by atoms with Gasteiger partial charge in [-0.1, -0.05) is 114 Å². The molecule has 0 aromatic heterocycles. The smallest absolute Gasteiger partial charge is 0.379 e. The number of ether oxygens (including phenoxy) is 4. The van der Waals surface area contributed by atoms with Gasteiger partial charge in [0.05, 0.1) is 5.41 Å². The van der Waals surface area contributed by atoms with Gasteiger partial charge in [0, 0.05) is 6.42 Å². The molecule has 1 radical (unpaired) electrons. The largest absolute Gasteiger partial charge is 0.485 e. The van der Waals surface area contributed by atoms with Gasteiger partial charge < -0.3 is 18.9 Å². The predicted molar refractivity (Wildman–Crippen MR) is 159 cm³/mol. The van der Waals surface area contributed by atoms with Gasteiger partial charge in [0.15, 0.2) is 11.9 Å². The first-order chi connectivity index (χ1) is 19.6. The Morgan fingerprint density at radius 1 is 0.878 bits per heavy atom. The van der Waals surface area contributed by atoms with Gasteiger partial charge in [-0.05, 0) is 39.7 Å². The van der Waals surface area contributed by atoms with Crippen LogP contribution in [0.2, 0.25) is 0 Å². The van der Waals surface area contributed by atoms with Crippen LogP contribution in [0.3, 0.4) is 0 Å². The Balaban J connectivity index is 1.78. The molecule has 1 aliphatic rings. The van der Waals surface area contributed by atoms with Crippen molar-refractivity contribution in [1.82, 2.24) is 0 Å². The average molecular weight is 572 g/mol. The van der Waals surface area contributed by atoms with Crippen LogP contribution in [-0.4, -0.2) is 30.1 Å². The summed E-state index contributed by atoms with van der Waals surface area (Å²) in [5.74, 6) is -2.19. The van der Waals surface area contributed by atoms with E-state index in [1.165, 1.54) is 64.2 Å². The molecule has 229 valence electrons. The van der Waals surface area contributed by atoms with Crippen LogP contribution >= 0.6 is 0 Å². The molecule has 0 unspecified atom stereocenters. The zero-order valence-electron chi connectivity index (χ0n) is 25.7. The van der Waals surface area contributed by atoms with Gasteiger partial charge >= 0.3 is 17.9 Å². The second kappa shape index (κ2) is 18.6. The molecule has 0 saturated heterocycles. The fourth-order valence-electron chi connectivity index (χ4n) is 4.49. The molecule has 7 heteroatoms. The molecule has 1 aromatic rings. The highest BCUT2D eigenvalue weighted by Gasteiger charge is 2.44. The van der Waals surface area contributed by atoms with Crippen LogP contribution in [0.25, 0.3) is 0 Å². The van der Waals surface area contributed by atoms with Gasteiger partial charge in [0.2, 0.25) is 0 Å². The summed E-state index contributed by atoms with van der Waals surface area (Å²) in [5.41, 5.74) is -0.000235. The van der Waals surface area contributed by atoms with Crippen molar-refractivity contribution in [3.05, 3.63) is 54.3 Å². The number of unbranched alkanes of at least 4 members (excludes halogenated alkanes) is 12. The van der Waals surface area contributed by atoms with Crippen molar-refractivity contribution in [1.29, 1.82) is 0 Å². The molecule has 7 nitrogen and oxygen atoms in total. The van der Waals surface area contributed by atoms with Gasteiger partial charge in [-0.15, -0.1) is 0 Å². The van der Waals surface area contributed by atoms with Crippen LogP contribution in [0.5, 0.6) is 0 Å². The van der Waals surface area contributed by atoms with Crippen molar-refractivity contribution < 1.29 is 33.3 Å². The predicted octanol–water partition coefficient (Wildman–Crippen LogP) is 8.16. The summed E-state index contributed by atoms with van der Waals surface area (Å²) in [5, 5.41) is 0. The quantitative estimate of drug-likeness (QED) is 0.0886. The minimum atomic E-state index is -1.11. The average Bonchev–Trinajstić information content (AvgIpc) is 3.24. The first kappa shape index (κ1) is 34.4. The van der Waals surface area contributed by atoms with Crippen molar-refractivity contribution >= 4 is 17.9 Å². The van der Waals surface area contributed by atoms with E-state index in [2.05, 4.69) is 13.8 Å². The van der Waals surface area contributed by atoms with E-state index in [0.717, 1.165) is 24.8 Å². The SMILES string of the molecule is [CH2][C@H](OC(=O)CCCCCCCCCCCCCCC)[C@H]1OC(=O)C(OC(=O)C(C)(C)C)=C1OCc1ccccc1. The van der Waals surface area contributed by atoms with E-state index < -0.39 is 35.5 Å². The van der Waals surface area contributed by atoms with E-state index in [1.807, 2.05) is 30.3 Å². The van der Waals surface area contributed by atoms with Crippen LogP contribution in [0, 0.1) is 12.3 Å². The maximum Gasteiger partial charge on any atom is 0.379 e. The van der Waals surface area contributed by atoms with Crippen molar-refractivity contribution in [2.75, 3.05) is 0 Å². The summed E-state index contributed by atoms with van der Waals surface area (Å²) in [6.07, 6.45) is 14.0. The first-order valence-electron chi connectivity index (χ1n) is 15.5. The van der Waals surface area contributed by atoms with Gasteiger partial charge in [-0.2, -0.15) is 0 Å². The Morgan fingerprint density at radius 3 is 1.95 bits per heavy atom. The highest BCUT2D eigenvalue weighted by Crippen LogP contribution is 2.31. The Hall–Kier alpha value is -2.83. The standard InChI is InChI=1S/C34H51O7/c1-6-7-8-9-10-11-12-13-14-15-16-17-21-24-28(35)39-26(2)29-30(38-25-27-22-19-18-20-23-27)31(32(36)40-29)41-33(37)34(3,4)5/h18-20,22-23,26,29H,2,6-17,21,24-25H2,1,3-5H3/t26-,29+/m0/s1. The highest BCUT2D eigenvalue weighted by molar-refractivity contribution is 5.93. The lowest BCUT2D eigenvalue weighted by Crippen LogP contribution is -2.32. The van der Waals surface area contributed by atoms with E-state index in [0.29, 0.717) is 0 Å². The molecule has 1 aromatic carbocycles. The molecule has 0 bridgehead atoms. The minimum absolute atomic E-state index is 0.00483. The van der Waals surface area contributed by atoms with Crippen LogP contribution in [0.4, 0.5) is 0 Å². The van der Waals surface area contributed by atoms with E-state index in [4.69, 9.17) is 18.9 Å². The van der Waals surface area contributed by atoms with Crippen LogP contribution in [0.1, 0.15) is 123 Å². The molecular weight excluding hydrogens is 520 g/mol. The Kier molecular flexibility index (Phi) is 15.6. The lowest BCUT2D eigenvalue weighted by Gasteiger charge is -2.21. The fourth-order valence-corrected chi connectivity index (χ4v) is 4.49. The molecule has 0 saturated carbocycles. The molecule has 41 heavy (non-hydrogen) atoms. The molecular formula is C34H51O7. The van der Waals surface area contributed by atoms with Gasteiger partial charge in [-0.25, -0.2) is 4.79 Å². The van der Waals surface area contributed by atoms with E-state index in [-0.39, 0.29) is 24.5 Å². The zero-order valence-corrected chi connectivity index (χ0v) is 25.7. The molecule has 0 spiro atoms. The monoisotopic (exact) mass is 571 g/mol. The third-order valence-electron chi connectivity index (χ3n) is 7.05. The number of rotatable bonds is 20. The van der Waals surface area contributed by atoms with Crippen LogP contribution < -0.4 is 0 Å². The summed E-state index contributed by atoms with van der Waals surface area (Å²) in [4.78, 5) is 37.7. The molecule has 2 atom stereocenters. The van der Waals surface area contributed by atoms with Crippen LogP contribution in [-0.2, 0) is 39.9 Å². The van der Waals surface area contributed by atoms with Gasteiger partial charge in [0.25, 0.3) is 5.76 Å². The Bertz CT molecular complexity index is 961. The van der Waals surface area contributed by atoms with Gasteiger partial charge in [0.1, 0.15) is 12.7 Å². The summed E-state index contributed by atoms with van der Waals surface area (Å²) in [7, 11) is 0. The van der Waals surface area contributed by atoms with Crippen molar-refractivity contribution in [3.63, 3.8) is 0 Å². The second-order valence-corrected chi connectivity index (χ2v) is 12.0. The topological polar surface area (TPSA) is 88.1 Å². The number of carbonyl (C=O) groups excluding carboxylic acids is 3. The van der Waals surface area contributed by atoms with E-state index >= 15 is 0 Å². The molecule has 1 aliphatic heterocycles. The van der Waals surface area contributed by atoms with Crippen molar-refractivity contribution in [2.24, 2.45) is 5.41 Å². The number of benzene rings is 1. The summed E-state index contributed by atoms with van der Waals surface area (Å²) >= 11 is 0. The van der Waals surface area contributed by atoms with Crippen molar-refractivity contribution in [3.8, 4) is 0 Å². The molecule has 0 aliphatic carbocycles. The maximum absolute atomic E-state index is 12.7. The molecule has 0 N–H and O–H groups in total. The van der Waals surface area contributed by atoms with Crippen molar-refractivity contribution in [2.45, 2.75) is 136 Å². The number of esters is 3. The highest BCUT2D eigenvalue weighted by atomic mass is 16.6. The molecule has 1 heterocycles. The number of cyclic esters (lactones) is 1. The minimum Gasteiger partial charge on any atom is -0.485 e. The van der Waals surface area contributed by atoms with E-state index in [1.54, 1.807) is 20.8 Å². The van der Waals surface area contributed by atoms with E-state index in [9.17, 15) is 14.4 Å². The Morgan fingerprint density at radius 2 is 1.41 bits per heavy atom. The third kappa shape index (κ3) is 13.1. The summed E-state index contributed by atoms with van der Waals surface area (Å²) in [6.45, 7) is 11.3. The normalized spacial score (nSPS) is 15.9.